The number of amides is 3. The van der Waals surface area contributed by atoms with Crippen LogP contribution in [0.25, 0.3) is 0 Å². The summed E-state index contributed by atoms with van der Waals surface area (Å²) in [4.78, 5) is 27.4. The third-order valence-corrected chi connectivity index (χ3v) is 4.19. The fourth-order valence-electron chi connectivity index (χ4n) is 2.72. The molecular formula is C21H14F6N4O4. The van der Waals surface area contributed by atoms with Gasteiger partial charge in [0.25, 0.3) is 5.91 Å². The largest absolute Gasteiger partial charge is 0.455 e. The van der Waals surface area contributed by atoms with E-state index in [1.807, 2.05) is 10.6 Å². The molecular weight excluding hydrogens is 486 g/mol. The Morgan fingerprint density at radius 1 is 0.971 bits per heavy atom. The van der Waals surface area contributed by atoms with E-state index in [1.165, 1.54) is 24.4 Å². The Hall–Kier alpha value is -4.49. The molecule has 14 heteroatoms. The molecule has 35 heavy (non-hydrogen) atoms. The van der Waals surface area contributed by atoms with Gasteiger partial charge >= 0.3 is 18.8 Å². The molecule has 0 fully saturated rings. The monoisotopic (exact) mass is 500 g/mol. The Morgan fingerprint density at radius 2 is 1.69 bits per heavy atom. The van der Waals surface area contributed by atoms with Gasteiger partial charge in [-0.15, -0.1) is 0 Å². The molecule has 1 aromatic heterocycles. The third kappa shape index (κ3) is 6.52. The standard InChI is InChI=1S/C21H14F6N4O4/c22-12-9-11(34-16-2-1-7-29-17(16)18(28)32)4-5-13(12)30-20(33)31-14-8-10(21(25,26)27)3-6-15(14)35-19(23)24/h1-9,19H,(H2,28,32)(H2,30,31,33). The highest BCUT2D eigenvalue weighted by Gasteiger charge is 2.31. The van der Waals surface area contributed by atoms with Gasteiger partial charge in [-0.05, 0) is 42.5 Å². The Kier molecular flexibility index (Phi) is 7.32. The summed E-state index contributed by atoms with van der Waals surface area (Å²) < 4.78 is 88.0. The summed E-state index contributed by atoms with van der Waals surface area (Å²) in [6, 6.07) is 6.12. The number of benzene rings is 2. The minimum atomic E-state index is -4.83. The van der Waals surface area contributed by atoms with Crippen molar-refractivity contribution in [1.82, 2.24) is 4.98 Å². The molecule has 8 nitrogen and oxygen atoms in total. The van der Waals surface area contributed by atoms with Crippen molar-refractivity contribution >= 4 is 23.3 Å². The number of hydrogen-bond donors (Lipinski definition) is 3. The van der Waals surface area contributed by atoms with Crippen LogP contribution in [0, 0.1) is 5.82 Å². The lowest BCUT2D eigenvalue weighted by Crippen LogP contribution is -2.21. The number of halogens is 6. The van der Waals surface area contributed by atoms with E-state index in [4.69, 9.17) is 10.5 Å². The quantitative estimate of drug-likeness (QED) is 0.377. The molecule has 3 amide bonds. The molecule has 0 aliphatic heterocycles. The van der Waals surface area contributed by atoms with Gasteiger partial charge in [0.15, 0.2) is 11.4 Å². The number of ether oxygens (including phenoxy) is 2. The summed E-state index contributed by atoms with van der Waals surface area (Å²) in [5.74, 6) is -2.83. The molecule has 0 aliphatic rings. The number of hydrogen-bond acceptors (Lipinski definition) is 5. The maximum Gasteiger partial charge on any atom is 0.416 e. The first-order valence-electron chi connectivity index (χ1n) is 9.40. The van der Waals surface area contributed by atoms with Gasteiger partial charge < -0.3 is 25.8 Å². The Morgan fingerprint density at radius 3 is 2.31 bits per heavy atom. The van der Waals surface area contributed by atoms with Crippen molar-refractivity contribution in [3.05, 3.63) is 71.8 Å². The summed E-state index contributed by atoms with van der Waals surface area (Å²) in [5.41, 5.74) is 2.58. The summed E-state index contributed by atoms with van der Waals surface area (Å²) in [6.07, 6.45) is -3.54. The van der Waals surface area contributed by atoms with Crippen molar-refractivity contribution in [3.8, 4) is 17.2 Å². The Labute approximate surface area is 192 Å². The van der Waals surface area contributed by atoms with E-state index in [2.05, 4.69) is 9.72 Å². The smallest absolute Gasteiger partial charge is 0.416 e. The van der Waals surface area contributed by atoms with Crippen LogP contribution in [0.2, 0.25) is 0 Å². The molecule has 0 saturated heterocycles. The van der Waals surface area contributed by atoms with Crippen LogP contribution in [0.5, 0.6) is 17.2 Å². The van der Waals surface area contributed by atoms with Gasteiger partial charge in [0.2, 0.25) is 0 Å². The Balaban J connectivity index is 1.77. The fraction of sp³-hybridized carbons (Fsp3) is 0.0952. The first-order valence-corrected chi connectivity index (χ1v) is 9.40. The zero-order chi connectivity index (χ0) is 25.8. The van der Waals surface area contributed by atoms with Crippen LogP contribution in [0.1, 0.15) is 16.1 Å². The number of alkyl halides is 5. The van der Waals surface area contributed by atoms with Crippen molar-refractivity contribution in [1.29, 1.82) is 0 Å². The van der Waals surface area contributed by atoms with Crippen LogP contribution in [-0.2, 0) is 6.18 Å². The minimum Gasteiger partial charge on any atom is -0.455 e. The van der Waals surface area contributed by atoms with Gasteiger partial charge in [-0.3, -0.25) is 4.79 Å². The molecule has 0 spiro atoms. The number of anilines is 2. The molecule has 0 aliphatic carbocycles. The van der Waals surface area contributed by atoms with Crippen LogP contribution >= 0.6 is 0 Å². The van der Waals surface area contributed by atoms with Crippen molar-refractivity contribution in [3.63, 3.8) is 0 Å². The van der Waals surface area contributed by atoms with Crippen LogP contribution in [0.15, 0.2) is 54.7 Å². The van der Waals surface area contributed by atoms with Crippen LogP contribution in [-0.4, -0.2) is 23.5 Å². The van der Waals surface area contributed by atoms with Gasteiger partial charge in [0, 0.05) is 12.3 Å². The normalized spacial score (nSPS) is 11.2. The van der Waals surface area contributed by atoms with E-state index in [9.17, 15) is 35.9 Å². The second-order valence-electron chi connectivity index (χ2n) is 6.62. The number of primary amides is 1. The van der Waals surface area contributed by atoms with Crippen LogP contribution in [0.3, 0.4) is 0 Å². The van der Waals surface area contributed by atoms with Crippen LogP contribution in [0.4, 0.5) is 42.5 Å². The number of carbonyl (C=O) groups is 2. The summed E-state index contributed by atoms with van der Waals surface area (Å²) in [7, 11) is 0. The van der Waals surface area contributed by atoms with Crippen molar-refractivity contribution in [2.24, 2.45) is 5.73 Å². The van der Waals surface area contributed by atoms with Gasteiger partial charge in [0.05, 0.1) is 16.9 Å². The van der Waals surface area contributed by atoms with Gasteiger partial charge in [-0.2, -0.15) is 22.0 Å². The Bertz CT molecular complexity index is 1250. The number of nitrogens with two attached hydrogens (primary N) is 1. The lowest BCUT2D eigenvalue weighted by molar-refractivity contribution is -0.137. The number of urea groups is 1. The van der Waals surface area contributed by atoms with Gasteiger partial charge in [-0.1, -0.05) is 0 Å². The molecule has 1 heterocycles. The van der Waals surface area contributed by atoms with Crippen molar-refractivity contribution in [2.45, 2.75) is 12.8 Å². The lowest BCUT2D eigenvalue weighted by atomic mass is 10.2. The van der Waals surface area contributed by atoms with Crippen molar-refractivity contribution < 1.29 is 45.4 Å². The molecule has 0 unspecified atom stereocenters. The zero-order valence-corrected chi connectivity index (χ0v) is 17.2. The van der Waals surface area contributed by atoms with Gasteiger partial charge in [-0.25, -0.2) is 14.2 Å². The van der Waals surface area contributed by atoms with E-state index in [0.29, 0.717) is 18.2 Å². The van der Waals surface area contributed by atoms with Crippen LogP contribution < -0.4 is 25.8 Å². The highest BCUT2D eigenvalue weighted by Crippen LogP contribution is 2.36. The molecule has 184 valence electrons. The summed E-state index contributed by atoms with van der Waals surface area (Å²) in [6.45, 7) is -3.38. The number of nitrogens with zero attached hydrogens (tertiary/aromatic N) is 1. The topological polar surface area (TPSA) is 116 Å². The average molecular weight is 500 g/mol. The first-order chi connectivity index (χ1) is 16.4. The second-order valence-corrected chi connectivity index (χ2v) is 6.62. The molecule has 4 N–H and O–H groups in total. The van der Waals surface area contributed by atoms with E-state index in [-0.39, 0.29) is 17.2 Å². The SMILES string of the molecule is NC(=O)c1ncccc1Oc1ccc(NC(=O)Nc2cc(C(F)(F)F)ccc2OC(F)F)c(F)c1. The molecule has 2 aromatic carbocycles. The second kappa shape index (κ2) is 10.2. The molecule has 0 bridgehead atoms. The number of aromatic nitrogens is 1. The van der Waals surface area contributed by atoms with E-state index >= 15 is 0 Å². The molecule has 0 atom stereocenters. The zero-order valence-electron chi connectivity index (χ0n) is 17.2. The molecule has 0 saturated carbocycles. The fourth-order valence-corrected chi connectivity index (χ4v) is 2.72. The predicted octanol–water partition coefficient (Wildman–Crippen LogP) is 5.38. The molecule has 3 rings (SSSR count). The van der Waals surface area contributed by atoms with E-state index in [1.54, 1.807) is 0 Å². The third-order valence-electron chi connectivity index (χ3n) is 4.19. The van der Waals surface area contributed by atoms with E-state index in [0.717, 1.165) is 12.1 Å². The highest BCUT2D eigenvalue weighted by atomic mass is 19.4. The van der Waals surface area contributed by atoms with Crippen molar-refractivity contribution in [2.75, 3.05) is 10.6 Å². The number of carbonyl (C=O) groups excluding carboxylic acids is 2. The maximum absolute atomic E-state index is 14.5. The number of nitrogens with one attached hydrogen (secondary N) is 2. The summed E-state index contributed by atoms with van der Waals surface area (Å²) in [5, 5.41) is 3.94. The van der Waals surface area contributed by atoms with E-state index < -0.39 is 53.2 Å². The molecule has 0 radical (unpaired) electrons. The number of pyridine rings is 1. The highest BCUT2D eigenvalue weighted by molar-refractivity contribution is 6.01. The summed E-state index contributed by atoms with van der Waals surface area (Å²) >= 11 is 0. The maximum atomic E-state index is 14.5. The average Bonchev–Trinajstić information content (AvgIpc) is 2.76. The predicted molar refractivity (Wildman–Crippen MR) is 110 cm³/mol. The molecule has 3 aromatic rings. The minimum absolute atomic E-state index is 0.0611. The first kappa shape index (κ1) is 25.1. The number of rotatable bonds is 7. The van der Waals surface area contributed by atoms with Gasteiger partial charge in [0.1, 0.15) is 17.3 Å². The lowest BCUT2D eigenvalue weighted by Gasteiger charge is -2.15.